The van der Waals surface area contributed by atoms with Crippen LogP contribution in [-0.4, -0.2) is 12.6 Å². The fourth-order valence-electron chi connectivity index (χ4n) is 3.16. The quantitative estimate of drug-likeness (QED) is 0.247. The fraction of sp³-hybridized carbons (Fsp3) is 0.696. The summed E-state index contributed by atoms with van der Waals surface area (Å²) < 4.78 is 5.37. The first-order valence-electron chi connectivity index (χ1n) is 10.5. The third-order valence-electron chi connectivity index (χ3n) is 4.85. The van der Waals surface area contributed by atoms with Gasteiger partial charge in [-0.15, -0.1) is 0 Å². The SMILES string of the molecule is CCCCCCCCCCCCCCCOC(=O)c1ccccc1C. The van der Waals surface area contributed by atoms with Gasteiger partial charge in [-0.25, -0.2) is 4.79 Å². The molecule has 0 saturated carbocycles. The van der Waals surface area contributed by atoms with Crippen LogP contribution in [0.25, 0.3) is 0 Å². The molecule has 0 aliphatic carbocycles. The highest BCUT2D eigenvalue weighted by Gasteiger charge is 2.08. The number of hydrogen-bond acceptors (Lipinski definition) is 2. The van der Waals surface area contributed by atoms with E-state index in [0.29, 0.717) is 12.2 Å². The highest BCUT2D eigenvalue weighted by atomic mass is 16.5. The number of unbranched alkanes of at least 4 members (excludes halogenated alkanes) is 12. The predicted molar refractivity (Wildman–Crippen MR) is 107 cm³/mol. The number of ether oxygens (including phenoxy) is 1. The predicted octanol–water partition coefficient (Wildman–Crippen LogP) is 7.24. The van der Waals surface area contributed by atoms with Gasteiger partial charge in [-0.05, 0) is 25.0 Å². The molecule has 0 saturated heterocycles. The molecule has 0 aliphatic rings. The molecule has 0 N–H and O–H groups in total. The van der Waals surface area contributed by atoms with E-state index in [9.17, 15) is 4.79 Å². The van der Waals surface area contributed by atoms with Gasteiger partial charge in [0, 0.05) is 0 Å². The fourth-order valence-corrected chi connectivity index (χ4v) is 3.16. The van der Waals surface area contributed by atoms with Crippen molar-refractivity contribution in [2.75, 3.05) is 6.61 Å². The summed E-state index contributed by atoms with van der Waals surface area (Å²) in [5.41, 5.74) is 1.68. The Hall–Kier alpha value is -1.31. The van der Waals surface area contributed by atoms with E-state index in [0.717, 1.165) is 18.4 Å². The van der Waals surface area contributed by atoms with Crippen LogP contribution in [0.1, 0.15) is 106 Å². The van der Waals surface area contributed by atoms with Gasteiger partial charge in [0.2, 0.25) is 0 Å². The Bertz CT molecular complexity index is 453. The molecule has 0 atom stereocenters. The minimum absolute atomic E-state index is 0.183. The highest BCUT2D eigenvalue weighted by molar-refractivity contribution is 5.90. The molecule has 0 amide bonds. The van der Waals surface area contributed by atoms with Crippen LogP contribution in [0.15, 0.2) is 24.3 Å². The zero-order chi connectivity index (χ0) is 18.2. The molecule has 25 heavy (non-hydrogen) atoms. The number of esters is 1. The monoisotopic (exact) mass is 346 g/mol. The third kappa shape index (κ3) is 11.0. The van der Waals surface area contributed by atoms with Crippen LogP contribution in [0.4, 0.5) is 0 Å². The first-order valence-corrected chi connectivity index (χ1v) is 10.5. The zero-order valence-corrected chi connectivity index (χ0v) is 16.5. The summed E-state index contributed by atoms with van der Waals surface area (Å²) in [6.45, 7) is 4.76. The Kier molecular flexibility index (Phi) is 13.0. The highest BCUT2D eigenvalue weighted by Crippen LogP contribution is 2.13. The summed E-state index contributed by atoms with van der Waals surface area (Å²) in [5.74, 6) is -0.183. The van der Waals surface area contributed by atoms with Crippen LogP contribution in [0.5, 0.6) is 0 Å². The van der Waals surface area contributed by atoms with E-state index < -0.39 is 0 Å². The van der Waals surface area contributed by atoms with E-state index in [1.54, 1.807) is 0 Å². The maximum atomic E-state index is 12.0. The average Bonchev–Trinajstić information content (AvgIpc) is 2.62. The van der Waals surface area contributed by atoms with E-state index >= 15 is 0 Å². The number of carbonyl (C=O) groups excluding carboxylic acids is 1. The minimum atomic E-state index is -0.183. The molecule has 0 aromatic heterocycles. The zero-order valence-electron chi connectivity index (χ0n) is 16.5. The number of carbonyl (C=O) groups is 1. The minimum Gasteiger partial charge on any atom is -0.462 e. The average molecular weight is 347 g/mol. The molecule has 0 bridgehead atoms. The lowest BCUT2D eigenvalue weighted by atomic mass is 10.0. The van der Waals surface area contributed by atoms with Gasteiger partial charge in [-0.3, -0.25) is 0 Å². The molecular weight excluding hydrogens is 308 g/mol. The van der Waals surface area contributed by atoms with Gasteiger partial charge < -0.3 is 4.74 Å². The standard InChI is InChI=1S/C23H38O2/c1-3-4-5-6-7-8-9-10-11-12-13-14-17-20-25-23(24)22-19-16-15-18-21(22)2/h15-16,18-19H,3-14,17,20H2,1-2H3. The molecule has 2 nitrogen and oxygen atoms in total. The normalized spacial score (nSPS) is 10.8. The van der Waals surface area contributed by atoms with Crippen LogP contribution < -0.4 is 0 Å². The molecule has 0 fully saturated rings. The van der Waals surface area contributed by atoms with Crippen LogP contribution in [0.3, 0.4) is 0 Å². The summed E-state index contributed by atoms with van der Waals surface area (Å²) in [6, 6.07) is 7.61. The van der Waals surface area contributed by atoms with E-state index in [-0.39, 0.29) is 5.97 Å². The maximum absolute atomic E-state index is 12.0. The number of rotatable bonds is 15. The van der Waals surface area contributed by atoms with E-state index in [4.69, 9.17) is 4.74 Å². The van der Waals surface area contributed by atoms with Crippen molar-refractivity contribution in [3.05, 3.63) is 35.4 Å². The van der Waals surface area contributed by atoms with Gasteiger partial charge in [0.15, 0.2) is 0 Å². The van der Waals surface area contributed by atoms with Gasteiger partial charge in [0.25, 0.3) is 0 Å². The molecular formula is C23H38O2. The summed E-state index contributed by atoms with van der Waals surface area (Å²) in [4.78, 5) is 12.0. The molecule has 1 aromatic rings. The van der Waals surface area contributed by atoms with Gasteiger partial charge in [0.05, 0.1) is 12.2 Å². The lowest BCUT2D eigenvalue weighted by molar-refractivity contribution is 0.0497. The molecule has 1 aromatic carbocycles. The van der Waals surface area contributed by atoms with Crippen LogP contribution >= 0.6 is 0 Å². The van der Waals surface area contributed by atoms with Gasteiger partial charge in [0.1, 0.15) is 0 Å². The van der Waals surface area contributed by atoms with Crippen molar-refractivity contribution in [1.82, 2.24) is 0 Å². The maximum Gasteiger partial charge on any atom is 0.338 e. The summed E-state index contributed by atoms with van der Waals surface area (Å²) in [7, 11) is 0. The molecule has 142 valence electrons. The van der Waals surface area contributed by atoms with Crippen LogP contribution in [0.2, 0.25) is 0 Å². The molecule has 0 aliphatic heterocycles. The van der Waals surface area contributed by atoms with Gasteiger partial charge in [-0.2, -0.15) is 0 Å². The summed E-state index contributed by atoms with van der Waals surface area (Å²) in [5, 5.41) is 0. The van der Waals surface area contributed by atoms with E-state index in [1.807, 2.05) is 31.2 Å². The van der Waals surface area contributed by atoms with Crippen molar-refractivity contribution >= 4 is 5.97 Å². The van der Waals surface area contributed by atoms with Crippen LogP contribution in [-0.2, 0) is 4.74 Å². The lowest BCUT2D eigenvalue weighted by Gasteiger charge is -2.07. The second-order valence-corrected chi connectivity index (χ2v) is 7.19. The smallest absolute Gasteiger partial charge is 0.338 e. The van der Waals surface area contributed by atoms with E-state index in [2.05, 4.69) is 6.92 Å². The van der Waals surface area contributed by atoms with Crippen molar-refractivity contribution in [3.8, 4) is 0 Å². The molecule has 0 heterocycles. The van der Waals surface area contributed by atoms with Crippen LogP contribution in [0, 0.1) is 6.92 Å². The Labute approximate surface area is 155 Å². The molecule has 0 radical (unpaired) electrons. The number of benzene rings is 1. The first-order chi connectivity index (χ1) is 12.3. The second-order valence-electron chi connectivity index (χ2n) is 7.19. The van der Waals surface area contributed by atoms with Crippen molar-refractivity contribution < 1.29 is 9.53 Å². The summed E-state index contributed by atoms with van der Waals surface area (Å²) in [6.07, 6.45) is 17.3. The molecule has 0 spiro atoms. The third-order valence-corrected chi connectivity index (χ3v) is 4.85. The van der Waals surface area contributed by atoms with Crippen molar-refractivity contribution in [2.45, 2.75) is 97.3 Å². The van der Waals surface area contributed by atoms with Crippen molar-refractivity contribution in [1.29, 1.82) is 0 Å². The van der Waals surface area contributed by atoms with Gasteiger partial charge in [-0.1, -0.05) is 102 Å². The molecule has 1 rings (SSSR count). The molecule has 0 unspecified atom stereocenters. The Morgan fingerprint density at radius 3 is 1.76 bits per heavy atom. The van der Waals surface area contributed by atoms with E-state index in [1.165, 1.54) is 70.6 Å². The Morgan fingerprint density at radius 2 is 1.24 bits per heavy atom. The Morgan fingerprint density at radius 1 is 0.760 bits per heavy atom. The largest absolute Gasteiger partial charge is 0.462 e. The number of hydrogen-bond donors (Lipinski definition) is 0. The lowest BCUT2D eigenvalue weighted by Crippen LogP contribution is -2.08. The Balaban J connectivity index is 1.86. The molecule has 2 heteroatoms. The van der Waals surface area contributed by atoms with Gasteiger partial charge >= 0.3 is 5.97 Å². The topological polar surface area (TPSA) is 26.3 Å². The van der Waals surface area contributed by atoms with Crippen molar-refractivity contribution in [2.24, 2.45) is 0 Å². The second kappa shape index (κ2) is 15.0. The first kappa shape index (κ1) is 21.7. The number of aryl methyl sites for hydroxylation is 1. The summed E-state index contributed by atoms with van der Waals surface area (Å²) >= 11 is 0. The van der Waals surface area contributed by atoms with Crippen molar-refractivity contribution in [3.63, 3.8) is 0 Å².